The number of halogens is 1. The van der Waals surface area contributed by atoms with Crippen molar-refractivity contribution in [1.82, 2.24) is 0 Å². The highest BCUT2D eigenvalue weighted by Gasteiger charge is 2.11. The zero-order valence-electron chi connectivity index (χ0n) is 12.1. The second-order valence-electron chi connectivity index (χ2n) is 4.68. The second kappa shape index (κ2) is 7.01. The van der Waals surface area contributed by atoms with Gasteiger partial charge in [0.15, 0.2) is 0 Å². The van der Waals surface area contributed by atoms with Crippen molar-refractivity contribution >= 4 is 17.3 Å². The average Bonchev–Trinajstić information content (AvgIpc) is 2.54. The summed E-state index contributed by atoms with van der Waals surface area (Å²) in [6, 6.07) is 15.4. The van der Waals surface area contributed by atoms with E-state index in [1.807, 2.05) is 24.3 Å². The molecule has 2 rings (SSSR count). The van der Waals surface area contributed by atoms with E-state index < -0.39 is 0 Å². The van der Waals surface area contributed by atoms with Crippen LogP contribution in [0.2, 0.25) is 5.02 Å². The molecular formula is C17H17ClN2O. The number of hydrogen-bond donors (Lipinski definition) is 1. The molecule has 0 aliphatic carbocycles. The van der Waals surface area contributed by atoms with Gasteiger partial charge in [-0.3, -0.25) is 0 Å². The Bertz CT molecular complexity index is 647. The third kappa shape index (κ3) is 3.68. The molecule has 0 bridgehead atoms. The number of nitriles is 1. The number of rotatable bonds is 5. The Morgan fingerprint density at radius 1 is 1.24 bits per heavy atom. The number of ether oxygens (including phenoxy) is 1. The monoisotopic (exact) mass is 300 g/mol. The van der Waals surface area contributed by atoms with Crippen LogP contribution >= 0.6 is 11.6 Å². The maximum absolute atomic E-state index is 8.98. The molecular weight excluding hydrogens is 284 g/mol. The second-order valence-corrected chi connectivity index (χ2v) is 5.09. The van der Waals surface area contributed by atoms with Gasteiger partial charge in [0.05, 0.1) is 35.5 Å². The van der Waals surface area contributed by atoms with Crippen molar-refractivity contribution < 1.29 is 4.74 Å². The molecule has 2 aromatic rings. The average molecular weight is 301 g/mol. The molecule has 0 fully saturated rings. The molecule has 0 heterocycles. The van der Waals surface area contributed by atoms with Gasteiger partial charge in [0, 0.05) is 0 Å². The molecule has 2 aromatic carbocycles. The minimum atomic E-state index is 0.127. The minimum absolute atomic E-state index is 0.127. The Morgan fingerprint density at radius 2 is 1.95 bits per heavy atom. The van der Waals surface area contributed by atoms with Gasteiger partial charge in [0.1, 0.15) is 5.75 Å². The van der Waals surface area contributed by atoms with Crippen LogP contribution in [0.3, 0.4) is 0 Å². The summed E-state index contributed by atoms with van der Waals surface area (Å²) in [5.74, 6) is 0.832. The molecule has 108 valence electrons. The lowest BCUT2D eigenvalue weighted by Crippen LogP contribution is -2.10. The van der Waals surface area contributed by atoms with Crippen molar-refractivity contribution in [2.24, 2.45) is 0 Å². The zero-order chi connectivity index (χ0) is 15.2. The van der Waals surface area contributed by atoms with Gasteiger partial charge >= 0.3 is 0 Å². The summed E-state index contributed by atoms with van der Waals surface area (Å²) in [7, 11) is 1.65. The van der Waals surface area contributed by atoms with E-state index in [2.05, 4.69) is 18.3 Å². The zero-order valence-corrected chi connectivity index (χ0v) is 12.8. The van der Waals surface area contributed by atoms with Gasteiger partial charge in [-0.1, -0.05) is 30.7 Å². The van der Waals surface area contributed by atoms with Gasteiger partial charge in [0.25, 0.3) is 0 Å². The minimum Gasteiger partial charge on any atom is -0.497 e. The van der Waals surface area contributed by atoms with Crippen molar-refractivity contribution in [2.75, 3.05) is 12.4 Å². The summed E-state index contributed by atoms with van der Waals surface area (Å²) < 4.78 is 5.17. The molecule has 0 aliphatic rings. The molecule has 1 atom stereocenters. The molecule has 0 aromatic heterocycles. The lowest BCUT2D eigenvalue weighted by molar-refractivity contribution is 0.414. The summed E-state index contributed by atoms with van der Waals surface area (Å²) in [6.45, 7) is 2.10. The van der Waals surface area contributed by atoms with E-state index in [0.717, 1.165) is 23.4 Å². The third-order valence-corrected chi connectivity index (χ3v) is 3.68. The predicted octanol–water partition coefficient (Wildman–Crippen LogP) is 4.78. The molecule has 1 N–H and O–H groups in total. The van der Waals surface area contributed by atoms with Crippen molar-refractivity contribution in [1.29, 1.82) is 5.26 Å². The number of anilines is 1. The molecule has 0 saturated heterocycles. The van der Waals surface area contributed by atoms with Crippen LogP contribution in [0.1, 0.15) is 30.5 Å². The maximum atomic E-state index is 8.98. The molecule has 3 nitrogen and oxygen atoms in total. The highest BCUT2D eigenvalue weighted by molar-refractivity contribution is 6.33. The van der Waals surface area contributed by atoms with Gasteiger partial charge in [-0.25, -0.2) is 0 Å². The molecule has 0 radical (unpaired) electrons. The summed E-state index contributed by atoms with van der Waals surface area (Å²) in [5, 5.41) is 13.0. The van der Waals surface area contributed by atoms with Gasteiger partial charge in [-0.05, 0) is 42.3 Å². The molecule has 4 heteroatoms. The van der Waals surface area contributed by atoms with Gasteiger partial charge in [0.2, 0.25) is 0 Å². The number of nitrogens with zero attached hydrogens (tertiary/aromatic N) is 1. The van der Waals surface area contributed by atoms with E-state index in [9.17, 15) is 0 Å². The Morgan fingerprint density at radius 3 is 2.52 bits per heavy atom. The predicted molar refractivity (Wildman–Crippen MR) is 85.8 cm³/mol. The number of benzene rings is 2. The lowest BCUT2D eigenvalue weighted by atomic mass is 10.0. The molecule has 0 saturated carbocycles. The van der Waals surface area contributed by atoms with Crippen LogP contribution in [0, 0.1) is 11.3 Å². The Labute approximate surface area is 130 Å². The third-order valence-electron chi connectivity index (χ3n) is 3.35. The summed E-state index contributed by atoms with van der Waals surface area (Å²) >= 11 is 6.20. The van der Waals surface area contributed by atoms with Crippen LogP contribution in [-0.4, -0.2) is 7.11 Å². The normalized spacial score (nSPS) is 11.5. The fraction of sp³-hybridized carbons (Fsp3) is 0.235. The van der Waals surface area contributed by atoms with E-state index in [1.165, 1.54) is 0 Å². The van der Waals surface area contributed by atoms with Crippen LogP contribution < -0.4 is 10.1 Å². The van der Waals surface area contributed by atoms with Crippen LogP contribution in [0.4, 0.5) is 5.69 Å². The molecule has 1 unspecified atom stereocenters. The number of methoxy groups -OCH3 is 1. The highest BCUT2D eigenvalue weighted by atomic mass is 35.5. The summed E-state index contributed by atoms with van der Waals surface area (Å²) in [4.78, 5) is 0. The molecule has 0 spiro atoms. The first-order chi connectivity index (χ1) is 10.2. The summed E-state index contributed by atoms with van der Waals surface area (Å²) in [6.07, 6.45) is 0.902. The quantitative estimate of drug-likeness (QED) is 0.864. The SMILES string of the molecule is CCC(Nc1cc(C#N)ccc1Cl)c1ccc(OC)cc1. The van der Waals surface area contributed by atoms with E-state index >= 15 is 0 Å². The van der Waals surface area contributed by atoms with Crippen molar-refractivity contribution in [3.63, 3.8) is 0 Å². The first-order valence-corrected chi connectivity index (χ1v) is 7.16. The van der Waals surface area contributed by atoms with Crippen molar-refractivity contribution in [2.45, 2.75) is 19.4 Å². The number of nitrogens with one attached hydrogen (secondary N) is 1. The van der Waals surface area contributed by atoms with Gasteiger partial charge in [-0.15, -0.1) is 0 Å². The number of hydrogen-bond acceptors (Lipinski definition) is 3. The largest absolute Gasteiger partial charge is 0.497 e. The Kier molecular flexibility index (Phi) is 5.08. The fourth-order valence-electron chi connectivity index (χ4n) is 2.15. The maximum Gasteiger partial charge on any atom is 0.118 e. The van der Waals surface area contributed by atoms with E-state index in [-0.39, 0.29) is 6.04 Å². The standard InChI is InChI=1S/C17H17ClN2O/c1-3-16(13-5-7-14(21-2)8-6-13)20-17-10-12(11-19)4-9-15(17)18/h4-10,16,20H,3H2,1-2H3. The van der Waals surface area contributed by atoms with E-state index in [4.69, 9.17) is 21.6 Å². The molecule has 0 aliphatic heterocycles. The first-order valence-electron chi connectivity index (χ1n) is 6.78. The lowest BCUT2D eigenvalue weighted by Gasteiger charge is -2.20. The molecule has 0 amide bonds. The first kappa shape index (κ1) is 15.2. The van der Waals surface area contributed by atoms with Gasteiger partial charge in [-0.2, -0.15) is 5.26 Å². The van der Waals surface area contributed by atoms with Crippen molar-refractivity contribution in [3.8, 4) is 11.8 Å². The molecule has 21 heavy (non-hydrogen) atoms. The van der Waals surface area contributed by atoms with E-state index in [0.29, 0.717) is 10.6 Å². The van der Waals surface area contributed by atoms with Crippen molar-refractivity contribution in [3.05, 3.63) is 58.6 Å². The van der Waals surface area contributed by atoms with Crippen LogP contribution in [0.25, 0.3) is 0 Å². The van der Waals surface area contributed by atoms with Crippen LogP contribution in [0.15, 0.2) is 42.5 Å². The topological polar surface area (TPSA) is 45.0 Å². The fourth-order valence-corrected chi connectivity index (χ4v) is 2.32. The Balaban J connectivity index is 2.24. The highest BCUT2D eigenvalue weighted by Crippen LogP contribution is 2.29. The van der Waals surface area contributed by atoms with Crippen LogP contribution in [-0.2, 0) is 0 Å². The van der Waals surface area contributed by atoms with E-state index in [1.54, 1.807) is 25.3 Å². The smallest absolute Gasteiger partial charge is 0.118 e. The summed E-state index contributed by atoms with van der Waals surface area (Å²) in [5.41, 5.74) is 2.52. The van der Waals surface area contributed by atoms with Crippen LogP contribution in [0.5, 0.6) is 5.75 Å². The van der Waals surface area contributed by atoms with Gasteiger partial charge < -0.3 is 10.1 Å². The Hall–Kier alpha value is -2.18.